The summed E-state index contributed by atoms with van der Waals surface area (Å²) in [6.07, 6.45) is 10.6. The number of hydrogen-bond acceptors (Lipinski definition) is 6. The Hall–Kier alpha value is -1.89. The lowest BCUT2D eigenvalue weighted by atomic mass is 9.95. The number of aromatic nitrogens is 2. The number of rotatable bonds is 5. The van der Waals surface area contributed by atoms with Crippen LogP contribution in [0.2, 0.25) is 0 Å². The van der Waals surface area contributed by atoms with E-state index in [4.69, 9.17) is 0 Å². The van der Waals surface area contributed by atoms with Gasteiger partial charge in [-0.1, -0.05) is 19.8 Å². The summed E-state index contributed by atoms with van der Waals surface area (Å²) in [5, 5.41) is 3.26. The summed E-state index contributed by atoms with van der Waals surface area (Å²) in [5.41, 5.74) is 1.07. The molecular weight excluding hydrogens is 352 g/mol. The lowest BCUT2D eigenvalue weighted by Crippen LogP contribution is -2.46. The zero-order valence-corrected chi connectivity index (χ0v) is 17.1. The average molecular weight is 387 g/mol. The summed E-state index contributed by atoms with van der Waals surface area (Å²) in [7, 11) is 0. The molecule has 28 heavy (non-hydrogen) atoms. The van der Waals surface area contributed by atoms with Crippen molar-refractivity contribution in [1.82, 2.24) is 20.2 Å². The van der Waals surface area contributed by atoms with Crippen LogP contribution in [0.1, 0.15) is 45.4 Å². The molecule has 0 radical (unpaired) electrons. The van der Waals surface area contributed by atoms with Crippen molar-refractivity contribution in [2.45, 2.75) is 51.5 Å². The van der Waals surface area contributed by atoms with Crippen molar-refractivity contribution in [3.05, 3.63) is 12.4 Å². The zero-order valence-electron chi connectivity index (χ0n) is 17.1. The predicted molar refractivity (Wildman–Crippen MR) is 112 cm³/mol. The van der Waals surface area contributed by atoms with Gasteiger partial charge >= 0.3 is 0 Å². The van der Waals surface area contributed by atoms with E-state index in [9.17, 15) is 4.79 Å². The van der Waals surface area contributed by atoms with Crippen LogP contribution in [0.15, 0.2) is 12.4 Å². The molecule has 0 spiro atoms. The van der Waals surface area contributed by atoms with Crippen molar-refractivity contribution in [2.75, 3.05) is 55.6 Å². The topological polar surface area (TPSA) is 64.6 Å². The molecule has 3 aliphatic rings. The molecule has 1 aromatic heterocycles. The summed E-state index contributed by atoms with van der Waals surface area (Å²) in [6.45, 7) is 9.28. The zero-order chi connectivity index (χ0) is 19.3. The van der Waals surface area contributed by atoms with Gasteiger partial charge in [-0.3, -0.25) is 4.79 Å². The van der Waals surface area contributed by atoms with Gasteiger partial charge in [0.1, 0.15) is 0 Å². The van der Waals surface area contributed by atoms with Crippen LogP contribution in [-0.2, 0) is 4.79 Å². The Labute approximate surface area is 168 Å². The average Bonchev–Trinajstić information content (AvgIpc) is 3.27. The van der Waals surface area contributed by atoms with Crippen molar-refractivity contribution in [1.29, 1.82) is 0 Å². The maximum atomic E-state index is 12.5. The predicted octanol–water partition coefficient (Wildman–Crippen LogP) is 1.89. The molecule has 1 N–H and O–H groups in total. The Morgan fingerprint density at radius 1 is 0.964 bits per heavy atom. The van der Waals surface area contributed by atoms with Gasteiger partial charge in [-0.2, -0.15) is 0 Å². The Morgan fingerprint density at radius 2 is 1.61 bits per heavy atom. The minimum absolute atomic E-state index is 0.159. The molecule has 1 aliphatic carbocycles. The second-order valence-electron chi connectivity index (χ2n) is 8.41. The van der Waals surface area contributed by atoms with Gasteiger partial charge < -0.3 is 20.0 Å². The Balaban J connectivity index is 1.26. The third kappa shape index (κ3) is 4.57. The number of likely N-dealkylation sites (N-methyl/N-ethyl adjacent to an activating group) is 1. The number of amides is 1. The largest absolute Gasteiger partial charge is 0.369 e. The molecule has 1 amide bonds. The third-order valence-corrected chi connectivity index (χ3v) is 6.66. The highest BCUT2D eigenvalue weighted by atomic mass is 16.1. The number of anilines is 2. The van der Waals surface area contributed by atoms with Crippen molar-refractivity contribution < 1.29 is 4.79 Å². The molecule has 2 aliphatic heterocycles. The highest BCUT2D eigenvalue weighted by molar-refractivity contribution is 5.79. The van der Waals surface area contributed by atoms with E-state index in [1.807, 2.05) is 12.4 Å². The Bertz CT molecular complexity index is 629. The van der Waals surface area contributed by atoms with Gasteiger partial charge in [0.2, 0.25) is 11.9 Å². The second kappa shape index (κ2) is 9.07. The molecule has 0 aromatic carbocycles. The van der Waals surface area contributed by atoms with Crippen LogP contribution in [0.25, 0.3) is 0 Å². The SMILES string of the molecule is CCN1CCN(c2ncc(N3CCC(C(=O)NC4CCCC4)CC3)cn2)CC1. The van der Waals surface area contributed by atoms with Crippen LogP contribution in [-0.4, -0.2) is 72.6 Å². The molecule has 4 rings (SSSR count). The summed E-state index contributed by atoms with van der Waals surface area (Å²) < 4.78 is 0. The molecule has 1 aromatic rings. The van der Waals surface area contributed by atoms with Crippen molar-refractivity contribution in [3.8, 4) is 0 Å². The molecule has 3 heterocycles. The molecule has 0 bridgehead atoms. The fourth-order valence-corrected chi connectivity index (χ4v) is 4.69. The van der Waals surface area contributed by atoms with Crippen LogP contribution in [0.4, 0.5) is 11.6 Å². The lowest BCUT2D eigenvalue weighted by Gasteiger charge is -2.35. The molecule has 0 atom stereocenters. The molecular formula is C21H34N6O. The summed E-state index contributed by atoms with van der Waals surface area (Å²) in [6, 6.07) is 0.422. The van der Waals surface area contributed by atoms with Crippen molar-refractivity contribution in [3.63, 3.8) is 0 Å². The maximum Gasteiger partial charge on any atom is 0.225 e. The minimum Gasteiger partial charge on any atom is -0.369 e. The van der Waals surface area contributed by atoms with Gasteiger partial charge in [0.25, 0.3) is 0 Å². The van der Waals surface area contributed by atoms with E-state index in [2.05, 4.69) is 36.9 Å². The Morgan fingerprint density at radius 3 is 2.21 bits per heavy atom. The monoisotopic (exact) mass is 386 g/mol. The maximum absolute atomic E-state index is 12.5. The van der Waals surface area contributed by atoms with Gasteiger partial charge in [-0.15, -0.1) is 0 Å². The minimum atomic E-state index is 0.159. The van der Waals surface area contributed by atoms with E-state index in [1.165, 1.54) is 12.8 Å². The number of nitrogens with zero attached hydrogens (tertiary/aromatic N) is 5. The fourth-order valence-electron chi connectivity index (χ4n) is 4.69. The van der Waals surface area contributed by atoms with Gasteiger partial charge in [0.05, 0.1) is 18.1 Å². The first kappa shape index (κ1) is 19.4. The molecule has 3 fully saturated rings. The number of hydrogen-bond donors (Lipinski definition) is 1. The first-order valence-electron chi connectivity index (χ1n) is 11.1. The van der Waals surface area contributed by atoms with Gasteiger partial charge in [0, 0.05) is 51.2 Å². The van der Waals surface area contributed by atoms with Crippen LogP contribution in [0.3, 0.4) is 0 Å². The third-order valence-electron chi connectivity index (χ3n) is 6.66. The summed E-state index contributed by atoms with van der Waals surface area (Å²) in [5.74, 6) is 1.27. The molecule has 2 saturated heterocycles. The van der Waals surface area contributed by atoms with E-state index in [1.54, 1.807) is 0 Å². The van der Waals surface area contributed by atoms with Gasteiger partial charge in [0.15, 0.2) is 0 Å². The number of carbonyl (C=O) groups excluding carboxylic acids is 1. The quantitative estimate of drug-likeness (QED) is 0.834. The van der Waals surface area contributed by atoms with Crippen LogP contribution in [0.5, 0.6) is 0 Å². The van der Waals surface area contributed by atoms with E-state index < -0.39 is 0 Å². The smallest absolute Gasteiger partial charge is 0.225 e. The van der Waals surface area contributed by atoms with E-state index in [-0.39, 0.29) is 11.8 Å². The highest BCUT2D eigenvalue weighted by Crippen LogP contribution is 2.25. The first-order chi connectivity index (χ1) is 13.7. The summed E-state index contributed by atoms with van der Waals surface area (Å²) in [4.78, 5) is 28.8. The second-order valence-corrected chi connectivity index (χ2v) is 8.41. The van der Waals surface area contributed by atoms with Crippen molar-refractivity contribution >= 4 is 17.5 Å². The van der Waals surface area contributed by atoms with E-state index in [0.717, 1.165) is 83.1 Å². The highest BCUT2D eigenvalue weighted by Gasteiger charge is 2.28. The first-order valence-corrected chi connectivity index (χ1v) is 11.1. The number of piperidine rings is 1. The summed E-state index contributed by atoms with van der Waals surface area (Å²) >= 11 is 0. The van der Waals surface area contributed by atoms with Gasteiger partial charge in [-0.05, 0) is 32.2 Å². The lowest BCUT2D eigenvalue weighted by molar-refractivity contribution is -0.126. The van der Waals surface area contributed by atoms with E-state index in [0.29, 0.717) is 6.04 Å². The van der Waals surface area contributed by atoms with Crippen LogP contribution < -0.4 is 15.1 Å². The molecule has 0 unspecified atom stereocenters. The standard InChI is InChI=1S/C21H34N6O/c1-2-25-11-13-27(14-12-25)21-22-15-19(16-23-21)26-9-7-17(8-10-26)20(28)24-18-5-3-4-6-18/h15-18H,2-14H2,1H3,(H,24,28). The van der Waals surface area contributed by atoms with Crippen LogP contribution >= 0.6 is 0 Å². The number of piperazine rings is 1. The molecule has 1 saturated carbocycles. The normalized spacial score (nSPS) is 22.6. The molecule has 154 valence electrons. The fraction of sp³-hybridized carbons (Fsp3) is 0.762. The van der Waals surface area contributed by atoms with Crippen LogP contribution in [0, 0.1) is 5.92 Å². The Kier molecular flexibility index (Phi) is 6.29. The molecule has 7 heteroatoms. The molecule has 7 nitrogen and oxygen atoms in total. The van der Waals surface area contributed by atoms with Gasteiger partial charge in [-0.25, -0.2) is 9.97 Å². The number of carbonyl (C=O) groups is 1. The van der Waals surface area contributed by atoms with Crippen molar-refractivity contribution in [2.24, 2.45) is 5.92 Å². The van der Waals surface area contributed by atoms with E-state index >= 15 is 0 Å². The number of nitrogens with one attached hydrogen (secondary N) is 1.